The van der Waals surface area contributed by atoms with E-state index < -0.39 is 0 Å². The Bertz CT molecular complexity index is 496. The molecule has 2 rings (SSSR count). The molecule has 1 aromatic rings. The van der Waals surface area contributed by atoms with Crippen LogP contribution < -0.4 is 10.1 Å². The zero-order valence-corrected chi connectivity index (χ0v) is 10.9. The van der Waals surface area contributed by atoms with Crippen molar-refractivity contribution in [1.82, 2.24) is 5.32 Å². The van der Waals surface area contributed by atoms with Gasteiger partial charge in [-0.15, -0.1) is 0 Å². The number of nitrogens with zero attached hydrogens (tertiary/aromatic N) is 1. The summed E-state index contributed by atoms with van der Waals surface area (Å²) in [5, 5.41) is 12.5. The molecule has 18 heavy (non-hydrogen) atoms. The molecule has 0 saturated heterocycles. The number of ether oxygens (including phenoxy) is 1. The van der Waals surface area contributed by atoms with Crippen molar-refractivity contribution in [3.05, 3.63) is 34.9 Å². The lowest BCUT2D eigenvalue weighted by Gasteiger charge is -2.05. The average molecular weight is 242 g/mol. The molecule has 0 radical (unpaired) electrons. The first-order valence-electron chi connectivity index (χ1n) is 6.21. The highest BCUT2D eigenvalue weighted by atomic mass is 16.5. The van der Waals surface area contributed by atoms with Crippen LogP contribution in [0.15, 0.2) is 23.8 Å². The minimum Gasteiger partial charge on any atom is -0.495 e. The van der Waals surface area contributed by atoms with E-state index in [-0.39, 0.29) is 0 Å². The second-order valence-electron chi connectivity index (χ2n) is 4.72. The van der Waals surface area contributed by atoms with Crippen molar-refractivity contribution < 1.29 is 4.74 Å². The van der Waals surface area contributed by atoms with Crippen molar-refractivity contribution in [3.63, 3.8) is 0 Å². The average Bonchev–Trinajstić information content (AvgIpc) is 3.20. The highest BCUT2D eigenvalue weighted by Gasteiger charge is 2.19. The summed E-state index contributed by atoms with van der Waals surface area (Å²) >= 11 is 0. The van der Waals surface area contributed by atoms with Crippen LogP contribution in [0, 0.1) is 11.3 Å². The topological polar surface area (TPSA) is 45.0 Å². The summed E-state index contributed by atoms with van der Waals surface area (Å²) < 4.78 is 5.13. The minimum atomic E-state index is 0.578. The Balaban J connectivity index is 2.07. The van der Waals surface area contributed by atoms with Gasteiger partial charge in [-0.1, -0.05) is 17.7 Å². The molecule has 0 aromatic heterocycles. The lowest BCUT2D eigenvalue weighted by molar-refractivity contribution is 0.413. The maximum Gasteiger partial charge on any atom is 0.136 e. The first-order chi connectivity index (χ1) is 8.72. The Morgan fingerprint density at radius 3 is 2.94 bits per heavy atom. The monoisotopic (exact) mass is 242 g/mol. The van der Waals surface area contributed by atoms with Gasteiger partial charge in [0.2, 0.25) is 0 Å². The summed E-state index contributed by atoms with van der Waals surface area (Å²) in [6.07, 6.45) is 4.71. The highest BCUT2D eigenvalue weighted by Crippen LogP contribution is 2.21. The first-order valence-corrected chi connectivity index (χ1v) is 6.21. The molecule has 0 atom stereocenters. The van der Waals surface area contributed by atoms with Crippen LogP contribution in [-0.4, -0.2) is 19.7 Å². The third-order valence-electron chi connectivity index (χ3n) is 3.00. The predicted molar refractivity (Wildman–Crippen MR) is 72.4 cm³/mol. The number of rotatable bonds is 5. The minimum absolute atomic E-state index is 0.578. The zero-order chi connectivity index (χ0) is 13.0. The number of methoxy groups -OCH3 is 1. The van der Waals surface area contributed by atoms with E-state index >= 15 is 0 Å². The van der Waals surface area contributed by atoms with Crippen molar-refractivity contribution >= 4 is 6.08 Å². The van der Waals surface area contributed by atoms with Crippen LogP contribution in [0.4, 0.5) is 0 Å². The molecule has 0 aliphatic heterocycles. The lowest BCUT2D eigenvalue weighted by Crippen LogP contribution is -2.18. The second kappa shape index (κ2) is 5.70. The molecule has 3 nitrogen and oxygen atoms in total. The molecule has 0 bridgehead atoms. The smallest absolute Gasteiger partial charge is 0.136 e. The molecule has 3 heteroatoms. The molecule has 1 aromatic carbocycles. The highest BCUT2D eigenvalue weighted by molar-refractivity contribution is 5.58. The van der Waals surface area contributed by atoms with Crippen molar-refractivity contribution in [2.75, 3.05) is 13.7 Å². The standard InChI is InChI=1S/C15H18N2O/c1-11(10-17-14-4-5-14)7-12-3-6-15(18-2)13(8-12)9-16/h3,6-8,14,17H,4-5,10H2,1-2H3. The fraction of sp³-hybridized carbons (Fsp3) is 0.400. The van der Waals surface area contributed by atoms with E-state index in [0.29, 0.717) is 11.3 Å². The van der Waals surface area contributed by atoms with Gasteiger partial charge in [0.05, 0.1) is 12.7 Å². The molecule has 0 amide bonds. The van der Waals surface area contributed by atoms with Gasteiger partial charge in [0.25, 0.3) is 0 Å². The molecule has 0 heterocycles. The summed E-state index contributed by atoms with van der Waals surface area (Å²) in [5.41, 5.74) is 2.90. The Labute approximate surface area is 108 Å². The van der Waals surface area contributed by atoms with Gasteiger partial charge in [-0.2, -0.15) is 5.26 Å². The molecule has 94 valence electrons. The maximum atomic E-state index is 9.03. The van der Waals surface area contributed by atoms with Gasteiger partial charge < -0.3 is 10.1 Å². The largest absolute Gasteiger partial charge is 0.495 e. The van der Waals surface area contributed by atoms with Crippen molar-refractivity contribution in [3.8, 4) is 11.8 Å². The summed E-state index contributed by atoms with van der Waals surface area (Å²) in [5.74, 6) is 0.628. The van der Waals surface area contributed by atoms with Crippen LogP contribution in [0.5, 0.6) is 5.75 Å². The molecule has 1 aliphatic carbocycles. The molecule has 1 aliphatic rings. The van der Waals surface area contributed by atoms with Crippen LogP contribution in [0.3, 0.4) is 0 Å². The lowest BCUT2D eigenvalue weighted by atomic mass is 10.1. The summed E-state index contributed by atoms with van der Waals surface area (Å²) in [6, 6.07) is 8.54. The first kappa shape index (κ1) is 12.7. The van der Waals surface area contributed by atoms with Crippen molar-refractivity contribution in [1.29, 1.82) is 5.26 Å². The number of nitrogens with one attached hydrogen (secondary N) is 1. The van der Waals surface area contributed by atoms with Gasteiger partial charge in [0.1, 0.15) is 11.8 Å². The predicted octanol–water partition coefficient (Wildman–Crippen LogP) is 2.72. The third kappa shape index (κ3) is 3.35. The molecule has 1 fully saturated rings. The fourth-order valence-corrected chi connectivity index (χ4v) is 1.83. The van der Waals surface area contributed by atoms with Gasteiger partial charge in [-0.05, 0) is 37.5 Å². The van der Waals surface area contributed by atoms with E-state index in [4.69, 9.17) is 10.00 Å². The second-order valence-corrected chi connectivity index (χ2v) is 4.72. The molecular weight excluding hydrogens is 224 g/mol. The van der Waals surface area contributed by atoms with Gasteiger partial charge in [0, 0.05) is 12.6 Å². The molecular formula is C15H18N2O. The number of hydrogen-bond donors (Lipinski definition) is 1. The van der Waals surface area contributed by atoms with E-state index in [1.165, 1.54) is 18.4 Å². The summed E-state index contributed by atoms with van der Waals surface area (Å²) in [6.45, 7) is 3.02. The van der Waals surface area contributed by atoms with Crippen LogP contribution in [0.2, 0.25) is 0 Å². The summed E-state index contributed by atoms with van der Waals surface area (Å²) in [7, 11) is 1.58. The molecule has 0 unspecified atom stereocenters. The molecule has 1 saturated carbocycles. The SMILES string of the molecule is COc1ccc(C=C(C)CNC2CC2)cc1C#N. The quantitative estimate of drug-likeness (QED) is 0.863. The Morgan fingerprint density at radius 2 is 2.33 bits per heavy atom. The van der Waals surface area contributed by atoms with Crippen LogP contribution in [0.1, 0.15) is 30.9 Å². The normalized spacial score (nSPS) is 15.3. The van der Waals surface area contributed by atoms with Gasteiger partial charge in [0.15, 0.2) is 0 Å². The van der Waals surface area contributed by atoms with E-state index in [0.717, 1.165) is 18.2 Å². The van der Waals surface area contributed by atoms with E-state index in [2.05, 4.69) is 24.4 Å². The van der Waals surface area contributed by atoms with Gasteiger partial charge >= 0.3 is 0 Å². The third-order valence-corrected chi connectivity index (χ3v) is 3.00. The van der Waals surface area contributed by atoms with Crippen LogP contribution >= 0.6 is 0 Å². The fourth-order valence-electron chi connectivity index (χ4n) is 1.83. The molecule has 0 spiro atoms. The maximum absolute atomic E-state index is 9.03. The van der Waals surface area contributed by atoms with Crippen molar-refractivity contribution in [2.24, 2.45) is 0 Å². The number of hydrogen-bond acceptors (Lipinski definition) is 3. The van der Waals surface area contributed by atoms with E-state index in [1.807, 2.05) is 18.2 Å². The zero-order valence-electron chi connectivity index (χ0n) is 10.9. The van der Waals surface area contributed by atoms with Crippen LogP contribution in [-0.2, 0) is 0 Å². The number of benzene rings is 1. The van der Waals surface area contributed by atoms with E-state index in [9.17, 15) is 0 Å². The Kier molecular flexibility index (Phi) is 4.01. The van der Waals surface area contributed by atoms with Gasteiger partial charge in [-0.3, -0.25) is 0 Å². The van der Waals surface area contributed by atoms with Crippen LogP contribution in [0.25, 0.3) is 6.08 Å². The summed E-state index contributed by atoms with van der Waals surface area (Å²) in [4.78, 5) is 0. The molecule has 1 N–H and O–H groups in total. The van der Waals surface area contributed by atoms with E-state index in [1.54, 1.807) is 7.11 Å². The Morgan fingerprint density at radius 1 is 1.56 bits per heavy atom. The van der Waals surface area contributed by atoms with Gasteiger partial charge in [-0.25, -0.2) is 0 Å². The number of nitriles is 1. The Hall–Kier alpha value is -1.79. The van der Waals surface area contributed by atoms with Crippen molar-refractivity contribution in [2.45, 2.75) is 25.8 Å².